The molecule has 3 aromatic carbocycles. The van der Waals surface area contributed by atoms with Crippen molar-refractivity contribution in [2.75, 3.05) is 26.2 Å². The fourth-order valence-electron chi connectivity index (χ4n) is 7.22. The molecule has 1 aliphatic carbocycles. The third-order valence-electron chi connectivity index (χ3n) is 8.87. The van der Waals surface area contributed by atoms with Crippen molar-refractivity contribution in [1.29, 1.82) is 0 Å². The zero-order valence-electron chi connectivity index (χ0n) is 23.5. The summed E-state index contributed by atoms with van der Waals surface area (Å²) >= 11 is 7.71. The summed E-state index contributed by atoms with van der Waals surface area (Å²) in [4.78, 5) is 46.9. The van der Waals surface area contributed by atoms with Crippen molar-refractivity contribution in [3.63, 3.8) is 0 Å². The molecule has 7 rings (SSSR count). The molecule has 1 spiro atoms. The second kappa shape index (κ2) is 10.1. The lowest BCUT2D eigenvalue weighted by Gasteiger charge is -2.37. The van der Waals surface area contributed by atoms with Gasteiger partial charge < -0.3 is 19.1 Å². The van der Waals surface area contributed by atoms with Crippen LogP contribution in [0.4, 0.5) is 5.69 Å². The highest BCUT2D eigenvalue weighted by Crippen LogP contribution is 2.63. The number of benzene rings is 3. The molecule has 9 heteroatoms. The maximum absolute atomic E-state index is 14.9. The van der Waals surface area contributed by atoms with Crippen LogP contribution >= 0.6 is 22.9 Å². The third kappa shape index (κ3) is 3.63. The molecule has 0 amide bonds. The van der Waals surface area contributed by atoms with E-state index in [1.807, 2.05) is 40.6 Å². The van der Waals surface area contributed by atoms with Crippen LogP contribution in [-0.4, -0.2) is 50.8 Å². The normalized spacial score (nSPS) is 21.0. The summed E-state index contributed by atoms with van der Waals surface area (Å²) in [7, 11) is 4.51. The van der Waals surface area contributed by atoms with Crippen LogP contribution in [-0.2, 0) is 0 Å². The van der Waals surface area contributed by atoms with Gasteiger partial charge in [-0.1, -0.05) is 60.2 Å². The van der Waals surface area contributed by atoms with Crippen molar-refractivity contribution < 1.29 is 28.6 Å². The molecule has 0 N–H and O–H groups in total. The van der Waals surface area contributed by atoms with Crippen molar-refractivity contribution in [2.45, 2.75) is 18.0 Å². The Balaban J connectivity index is 1.59. The molecule has 216 valence electrons. The first-order chi connectivity index (χ1) is 20.9. The molecular weight excluding hydrogens is 586 g/mol. The van der Waals surface area contributed by atoms with Crippen LogP contribution in [0.3, 0.4) is 0 Å². The number of halogens is 1. The second-order valence-electron chi connectivity index (χ2n) is 10.7. The summed E-state index contributed by atoms with van der Waals surface area (Å²) in [5, 5.41) is 2.38. The van der Waals surface area contributed by atoms with Crippen molar-refractivity contribution in [2.24, 2.45) is 5.41 Å². The van der Waals surface area contributed by atoms with E-state index in [1.165, 1.54) is 32.7 Å². The molecule has 0 saturated carbocycles. The molecule has 0 radical (unpaired) electrons. The number of thiophene rings is 1. The van der Waals surface area contributed by atoms with E-state index in [1.54, 1.807) is 48.5 Å². The van der Waals surface area contributed by atoms with Crippen LogP contribution < -0.4 is 19.1 Å². The molecule has 2 aliphatic heterocycles. The first-order valence-corrected chi connectivity index (χ1v) is 15.0. The number of methoxy groups -OCH3 is 3. The zero-order chi connectivity index (χ0) is 30.0. The van der Waals surface area contributed by atoms with Gasteiger partial charge in [0.1, 0.15) is 11.5 Å². The molecule has 3 heterocycles. The quantitative estimate of drug-likeness (QED) is 0.176. The van der Waals surface area contributed by atoms with E-state index in [2.05, 4.69) is 0 Å². The van der Waals surface area contributed by atoms with Gasteiger partial charge in [-0.25, -0.2) is 0 Å². The number of fused-ring (bicyclic) bond motifs is 5. The minimum Gasteiger partial charge on any atom is -0.493 e. The van der Waals surface area contributed by atoms with Crippen LogP contribution in [0.25, 0.3) is 6.08 Å². The number of carbonyl (C=O) groups is 3. The van der Waals surface area contributed by atoms with Gasteiger partial charge in [0.25, 0.3) is 0 Å². The summed E-state index contributed by atoms with van der Waals surface area (Å²) < 4.78 is 17.2. The monoisotopic (exact) mass is 611 g/mol. The smallest absolute Gasteiger partial charge is 0.203 e. The summed E-state index contributed by atoms with van der Waals surface area (Å²) in [6.45, 7) is 0. The molecule has 4 aromatic rings. The molecule has 0 unspecified atom stereocenters. The van der Waals surface area contributed by atoms with E-state index in [0.29, 0.717) is 49.5 Å². The number of hydrogen-bond donors (Lipinski definition) is 0. The van der Waals surface area contributed by atoms with E-state index in [9.17, 15) is 14.4 Å². The minimum atomic E-state index is -1.68. The zero-order valence-corrected chi connectivity index (χ0v) is 25.1. The fraction of sp³-hybridized carbons (Fsp3) is 0.206. The predicted octanol–water partition coefficient (Wildman–Crippen LogP) is 6.74. The van der Waals surface area contributed by atoms with E-state index < -0.39 is 23.4 Å². The van der Waals surface area contributed by atoms with Gasteiger partial charge in [-0.15, -0.1) is 11.3 Å². The van der Waals surface area contributed by atoms with Gasteiger partial charge in [0.15, 0.2) is 28.8 Å². The van der Waals surface area contributed by atoms with Crippen LogP contribution in [0.15, 0.2) is 78.2 Å². The van der Waals surface area contributed by atoms with Gasteiger partial charge in [0.2, 0.25) is 5.75 Å². The summed E-state index contributed by atoms with van der Waals surface area (Å²) in [5.74, 6) is -0.787. The molecule has 7 nitrogen and oxygen atoms in total. The number of anilines is 1. The van der Waals surface area contributed by atoms with E-state index in [4.69, 9.17) is 25.8 Å². The SMILES string of the molecule is COc1ccc([C@H]2[C@H](C(=O)c3cccs3)N3c4ccc(Cl)cc4C=C[C@H]3C23C(=O)c2ccccc2C3=O)c(OC)c1OC. The molecular formula is C34H26ClNO6S. The number of Topliss-reactive ketones (excluding diaryl/α,β-unsaturated/α-hetero) is 3. The van der Waals surface area contributed by atoms with Crippen molar-refractivity contribution in [3.05, 3.63) is 110 Å². The van der Waals surface area contributed by atoms with E-state index in [0.717, 1.165) is 5.56 Å². The number of carbonyl (C=O) groups excluding carboxylic acids is 3. The highest BCUT2D eigenvalue weighted by atomic mass is 35.5. The number of ether oxygens (including phenoxy) is 3. The number of nitrogens with zero attached hydrogens (tertiary/aromatic N) is 1. The van der Waals surface area contributed by atoms with Gasteiger partial charge in [-0.3, -0.25) is 14.4 Å². The molecule has 43 heavy (non-hydrogen) atoms. The third-order valence-corrected chi connectivity index (χ3v) is 9.99. The Morgan fingerprint density at radius 3 is 2.23 bits per heavy atom. The van der Waals surface area contributed by atoms with Gasteiger partial charge in [0, 0.05) is 33.3 Å². The average molecular weight is 612 g/mol. The van der Waals surface area contributed by atoms with Crippen molar-refractivity contribution >= 4 is 52.1 Å². The summed E-state index contributed by atoms with van der Waals surface area (Å²) in [6, 6.07) is 17.7. The van der Waals surface area contributed by atoms with Crippen LogP contribution in [0.1, 0.15) is 47.4 Å². The van der Waals surface area contributed by atoms with Crippen LogP contribution in [0.5, 0.6) is 17.2 Å². The molecule has 3 atom stereocenters. The number of rotatable bonds is 6. The van der Waals surface area contributed by atoms with Gasteiger partial charge in [0.05, 0.1) is 32.2 Å². The lowest BCUT2D eigenvalue weighted by molar-refractivity contribution is 0.0664. The Kier molecular flexibility index (Phi) is 6.45. The molecule has 1 fully saturated rings. The molecule has 1 saturated heterocycles. The van der Waals surface area contributed by atoms with Gasteiger partial charge >= 0.3 is 0 Å². The highest BCUT2D eigenvalue weighted by molar-refractivity contribution is 7.12. The second-order valence-corrected chi connectivity index (χ2v) is 12.1. The maximum Gasteiger partial charge on any atom is 0.203 e. The average Bonchev–Trinajstić information content (AvgIpc) is 3.73. The Morgan fingerprint density at radius 2 is 1.60 bits per heavy atom. The first-order valence-electron chi connectivity index (χ1n) is 13.7. The number of ketones is 3. The van der Waals surface area contributed by atoms with Crippen LogP contribution in [0, 0.1) is 5.41 Å². The number of hydrogen-bond acceptors (Lipinski definition) is 8. The molecule has 1 aromatic heterocycles. The van der Waals surface area contributed by atoms with Gasteiger partial charge in [-0.05, 0) is 41.3 Å². The summed E-state index contributed by atoms with van der Waals surface area (Å²) in [5.41, 5.74) is 1.01. The van der Waals surface area contributed by atoms with Crippen molar-refractivity contribution in [1.82, 2.24) is 0 Å². The van der Waals surface area contributed by atoms with Crippen molar-refractivity contribution in [3.8, 4) is 17.2 Å². The Hall–Kier alpha value is -4.40. The maximum atomic E-state index is 14.9. The van der Waals surface area contributed by atoms with E-state index in [-0.39, 0.29) is 17.3 Å². The topological polar surface area (TPSA) is 82.1 Å². The van der Waals surface area contributed by atoms with Gasteiger partial charge in [-0.2, -0.15) is 0 Å². The standard InChI is InChI=1S/C34H26ClNO6S/c1-40-24-14-12-22(30(41-2)31(24)42-3)27-28(29(37)25-9-6-16-43-25)36-23-13-11-19(35)17-18(23)10-15-26(36)34(27)32(38)20-7-4-5-8-21(20)33(34)39/h4-17,26-28H,1-3H3/t26-,27-,28+/m0/s1. The fourth-order valence-corrected chi connectivity index (χ4v) is 8.10. The largest absolute Gasteiger partial charge is 0.493 e. The summed E-state index contributed by atoms with van der Waals surface area (Å²) in [6.07, 6.45) is 3.75. The van der Waals surface area contributed by atoms with Crippen LogP contribution in [0.2, 0.25) is 5.02 Å². The predicted molar refractivity (Wildman–Crippen MR) is 166 cm³/mol. The minimum absolute atomic E-state index is 0.202. The Labute approximate surface area is 257 Å². The molecule has 3 aliphatic rings. The first kappa shape index (κ1) is 27.4. The van der Waals surface area contributed by atoms with E-state index >= 15 is 0 Å². The lowest BCUT2D eigenvalue weighted by Crippen LogP contribution is -2.48. The lowest BCUT2D eigenvalue weighted by atomic mass is 9.64. The highest BCUT2D eigenvalue weighted by Gasteiger charge is 2.72. The Morgan fingerprint density at radius 1 is 0.884 bits per heavy atom. The Bertz CT molecular complexity index is 1810. The molecule has 0 bridgehead atoms.